The predicted molar refractivity (Wildman–Crippen MR) is 95.8 cm³/mol. The molecule has 0 aliphatic heterocycles. The van der Waals surface area contributed by atoms with E-state index in [0.717, 1.165) is 5.01 Å². The summed E-state index contributed by atoms with van der Waals surface area (Å²) in [5.74, 6) is -1.03. The average Bonchev–Trinajstić information content (AvgIpc) is 2.49. The van der Waals surface area contributed by atoms with Gasteiger partial charge in [0.2, 0.25) is 0 Å². The number of hydrogen-bond acceptors (Lipinski definition) is 2. The van der Waals surface area contributed by atoms with Crippen molar-refractivity contribution < 1.29 is 18.7 Å². The molecule has 132 valence electrons. The molecule has 0 spiro atoms. The Kier molecular flexibility index (Phi) is 5.57. The molecule has 2 aromatic rings. The molecule has 2 aromatic carbocycles. The highest BCUT2D eigenvalue weighted by atomic mass is 79.9. The highest BCUT2D eigenvalue weighted by Gasteiger charge is 2.27. The third kappa shape index (κ3) is 4.63. The molecule has 0 aliphatic rings. The number of benzene rings is 2. The van der Waals surface area contributed by atoms with Crippen LogP contribution in [0.25, 0.3) is 0 Å². The molecule has 0 aromatic heterocycles. The van der Waals surface area contributed by atoms with Crippen LogP contribution in [0.2, 0.25) is 0 Å². The molecule has 2 rings (SSSR count). The summed E-state index contributed by atoms with van der Waals surface area (Å²) >= 11 is 3.18. The molecule has 25 heavy (non-hydrogen) atoms. The van der Waals surface area contributed by atoms with Gasteiger partial charge in [0.05, 0.1) is 5.54 Å². The summed E-state index contributed by atoms with van der Waals surface area (Å²) in [5, 5.41) is 14.5. The van der Waals surface area contributed by atoms with E-state index in [9.17, 15) is 18.7 Å². The number of hydrogen-bond donors (Lipinski definition) is 1. The fourth-order valence-electron chi connectivity index (χ4n) is 2.14. The summed E-state index contributed by atoms with van der Waals surface area (Å²) in [6.07, 6.45) is -1.27. The van der Waals surface area contributed by atoms with Crippen molar-refractivity contribution in [2.24, 2.45) is 5.10 Å². The average molecular weight is 411 g/mol. The Bertz CT molecular complexity index is 815. The Morgan fingerprint density at radius 1 is 1.12 bits per heavy atom. The Labute approximate surface area is 152 Å². The lowest BCUT2D eigenvalue weighted by atomic mass is 10.0. The van der Waals surface area contributed by atoms with Gasteiger partial charge >= 0.3 is 6.09 Å². The molecule has 0 aliphatic carbocycles. The topological polar surface area (TPSA) is 52.9 Å². The van der Waals surface area contributed by atoms with Gasteiger partial charge in [0.1, 0.15) is 17.3 Å². The lowest BCUT2D eigenvalue weighted by molar-refractivity contribution is 0.103. The van der Waals surface area contributed by atoms with Crippen LogP contribution < -0.4 is 0 Å². The quantitative estimate of drug-likeness (QED) is 0.554. The van der Waals surface area contributed by atoms with E-state index >= 15 is 0 Å². The Hall–Kier alpha value is -2.28. The normalized spacial score (nSPS) is 12.2. The molecule has 1 N–H and O–H groups in total. The second-order valence-electron chi connectivity index (χ2n) is 6.34. The largest absolute Gasteiger partial charge is 0.464 e. The summed E-state index contributed by atoms with van der Waals surface area (Å²) in [7, 11) is 0. The van der Waals surface area contributed by atoms with Gasteiger partial charge < -0.3 is 5.11 Å². The maximum absolute atomic E-state index is 14.5. The molecule has 1 amide bonds. The summed E-state index contributed by atoms with van der Waals surface area (Å²) in [5.41, 5.74) is -0.228. The van der Waals surface area contributed by atoms with Crippen molar-refractivity contribution in [3.63, 3.8) is 0 Å². The molecule has 0 bridgehead atoms. The standard InChI is InChI=1S/C18H17BrF2N2O2/c1-18(2,3)23(17(24)25)22-16(11-4-7-13(20)8-5-11)14-9-6-12(19)10-15(14)21/h4-10H,1-3H3,(H,24,25)/b22-16-. The van der Waals surface area contributed by atoms with Gasteiger partial charge in [0.25, 0.3) is 0 Å². The number of halogens is 3. The van der Waals surface area contributed by atoms with Crippen LogP contribution in [0.4, 0.5) is 13.6 Å². The molecular formula is C18H17BrF2N2O2. The van der Waals surface area contributed by atoms with Crippen molar-refractivity contribution in [3.05, 3.63) is 69.7 Å². The number of hydrazone groups is 1. The molecule has 0 radical (unpaired) electrons. The molecule has 0 heterocycles. The van der Waals surface area contributed by atoms with E-state index in [0.29, 0.717) is 10.0 Å². The SMILES string of the molecule is CC(C)(C)N(/N=C(/c1ccc(F)cc1)c1ccc(Br)cc1F)C(=O)O. The number of nitrogens with zero attached hydrogens (tertiary/aromatic N) is 2. The second kappa shape index (κ2) is 7.31. The summed E-state index contributed by atoms with van der Waals surface area (Å²) in [6.45, 7) is 5.01. The fraction of sp³-hybridized carbons (Fsp3) is 0.222. The predicted octanol–water partition coefficient (Wildman–Crippen LogP) is 5.26. The first-order valence-electron chi connectivity index (χ1n) is 7.42. The summed E-state index contributed by atoms with van der Waals surface area (Å²) in [4.78, 5) is 11.6. The van der Waals surface area contributed by atoms with Gasteiger partial charge in [-0.2, -0.15) is 10.1 Å². The van der Waals surface area contributed by atoms with Crippen LogP contribution in [0.5, 0.6) is 0 Å². The minimum absolute atomic E-state index is 0.0994. The van der Waals surface area contributed by atoms with Crippen LogP contribution >= 0.6 is 15.9 Å². The molecular weight excluding hydrogens is 394 g/mol. The van der Waals surface area contributed by atoms with Gasteiger partial charge in [-0.15, -0.1) is 0 Å². The van der Waals surface area contributed by atoms with Crippen LogP contribution in [-0.2, 0) is 0 Å². The van der Waals surface area contributed by atoms with Crippen molar-refractivity contribution in [2.45, 2.75) is 26.3 Å². The Morgan fingerprint density at radius 2 is 1.72 bits per heavy atom. The van der Waals surface area contributed by atoms with Crippen molar-refractivity contribution in [2.75, 3.05) is 0 Å². The van der Waals surface area contributed by atoms with Crippen molar-refractivity contribution in [1.82, 2.24) is 5.01 Å². The third-order valence-electron chi connectivity index (χ3n) is 3.32. The highest BCUT2D eigenvalue weighted by molar-refractivity contribution is 9.10. The first kappa shape index (κ1) is 19.1. The van der Waals surface area contributed by atoms with E-state index in [4.69, 9.17) is 0 Å². The molecule has 0 saturated carbocycles. The number of rotatable bonds is 3. The maximum atomic E-state index is 14.5. The lowest BCUT2D eigenvalue weighted by Crippen LogP contribution is -2.41. The van der Waals surface area contributed by atoms with Gasteiger partial charge in [-0.25, -0.2) is 13.6 Å². The second-order valence-corrected chi connectivity index (χ2v) is 7.26. The van der Waals surface area contributed by atoms with E-state index < -0.39 is 23.3 Å². The van der Waals surface area contributed by atoms with Crippen LogP contribution in [0.3, 0.4) is 0 Å². The number of amides is 1. The lowest BCUT2D eigenvalue weighted by Gasteiger charge is -2.29. The first-order valence-corrected chi connectivity index (χ1v) is 8.22. The van der Waals surface area contributed by atoms with E-state index in [2.05, 4.69) is 21.0 Å². The molecule has 0 atom stereocenters. The van der Waals surface area contributed by atoms with E-state index in [1.807, 2.05) is 0 Å². The molecule has 4 nitrogen and oxygen atoms in total. The zero-order valence-corrected chi connectivity index (χ0v) is 15.5. The monoisotopic (exact) mass is 410 g/mol. The molecule has 0 saturated heterocycles. The van der Waals surface area contributed by atoms with Gasteiger partial charge in [-0.3, -0.25) is 0 Å². The summed E-state index contributed by atoms with van der Waals surface area (Å²) in [6, 6.07) is 9.66. The summed E-state index contributed by atoms with van der Waals surface area (Å²) < 4.78 is 28.2. The minimum atomic E-state index is -1.27. The van der Waals surface area contributed by atoms with Crippen molar-refractivity contribution in [1.29, 1.82) is 0 Å². The van der Waals surface area contributed by atoms with Crippen molar-refractivity contribution >= 4 is 27.7 Å². The minimum Gasteiger partial charge on any atom is -0.464 e. The molecule has 7 heteroatoms. The van der Waals surface area contributed by atoms with Gasteiger partial charge in [-0.05, 0) is 63.2 Å². The van der Waals surface area contributed by atoms with E-state index in [1.165, 1.54) is 36.4 Å². The van der Waals surface area contributed by atoms with Gasteiger partial charge in [-0.1, -0.05) is 15.9 Å². The first-order chi connectivity index (χ1) is 11.6. The Morgan fingerprint density at radius 3 is 2.20 bits per heavy atom. The molecule has 0 unspecified atom stereocenters. The zero-order valence-electron chi connectivity index (χ0n) is 13.9. The maximum Gasteiger partial charge on any atom is 0.428 e. The van der Waals surface area contributed by atoms with Crippen LogP contribution in [-0.4, -0.2) is 27.5 Å². The fourth-order valence-corrected chi connectivity index (χ4v) is 2.47. The Balaban J connectivity index is 2.69. The zero-order chi connectivity index (χ0) is 18.8. The van der Waals surface area contributed by atoms with Crippen molar-refractivity contribution in [3.8, 4) is 0 Å². The molecule has 0 fully saturated rings. The third-order valence-corrected chi connectivity index (χ3v) is 3.81. The van der Waals surface area contributed by atoms with Crippen LogP contribution in [0.15, 0.2) is 52.0 Å². The number of carboxylic acid groups (broad SMARTS) is 1. The van der Waals surface area contributed by atoms with Gasteiger partial charge in [0.15, 0.2) is 0 Å². The van der Waals surface area contributed by atoms with E-state index in [-0.39, 0.29) is 11.3 Å². The van der Waals surface area contributed by atoms with Crippen LogP contribution in [0.1, 0.15) is 31.9 Å². The van der Waals surface area contributed by atoms with Gasteiger partial charge in [0, 0.05) is 15.6 Å². The van der Waals surface area contributed by atoms with E-state index in [1.54, 1.807) is 26.8 Å². The smallest absolute Gasteiger partial charge is 0.428 e. The number of carbonyl (C=O) groups is 1. The van der Waals surface area contributed by atoms with Crippen LogP contribution in [0, 0.1) is 11.6 Å². The highest BCUT2D eigenvalue weighted by Crippen LogP contribution is 2.22.